The van der Waals surface area contributed by atoms with Crippen molar-refractivity contribution in [2.75, 3.05) is 7.11 Å². The molecule has 1 aromatic rings. The molecule has 0 saturated heterocycles. The lowest BCUT2D eigenvalue weighted by Gasteiger charge is -2.20. The molecule has 4 heteroatoms. The van der Waals surface area contributed by atoms with Crippen LogP contribution in [-0.4, -0.2) is 23.8 Å². The molecule has 0 amide bonds. The van der Waals surface area contributed by atoms with Gasteiger partial charge < -0.3 is 9.84 Å². The Labute approximate surface area is 123 Å². The summed E-state index contributed by atoms with van der Waals surface area (Å²) in [6, 6.07) is 3.32. The zero-order valence-corrected chi connectivity index (χ0v) is 12.6. The summed E-state index contributed by atoms with van der Waals surface area (Å²) in [5.41, 5.74) is 2.47. The van der Waals surface area contributed by atoms with E-state index in [2.05, 4.69) is 0 Å². The van der Waals surface area contributed by atoms with Gasteiger partial charge in [0.1, 0.15) is 11.5 Å². The molecule has 0 saturated carbocycles. The second kappa shape index (κ2) is 5.56. The molecule has 0 radical (unpaired) electrons. The minimum absolute atomic E-state index is 0.0887. The van der Waals surface area contributed by atoms with E-state index < -0.39 is 11.6 Å². The molecule has 0 spiro atoms. The van der Waals surface area contributed by atoms with Gasteiger partial charge in [0.05, 0.1) is 7.11 Å². The maximum absolute atomic E-state index is 12.3. The Morgan fingerprint density at radius 2 is 1.90 bits per heavy atom. The Morgan fingerprint density at radius 1 is 1.24 bits per heavy atom. The van der Waals surface area contributed by atoms with Crippen LogP contribution in [0.2, 0.25) is 0 Å². The first-order chi connectivity index (χ1) is 9.88. The van der Waals surface area contributed by atoms with Gasteiger partial charge in [0.2, 0.25) is 11.6 Å². The van der Waals surface area contributed by atoms with Crippen LogP contribution in [0.1, 0.15) is 42.3 Å². The van der Waals surface area contributed by atoms with E-state index in [-0.39, 0.29) is 16.9 Å². The normalized spacial score (nSPS) is 14.1. The minimum Gasteiger partial charge on any atom is -0.507 e. The second-order valence-electron chi connectivity index (χ2n) is 5.29. The second-order valence-corrected chi connectivity index (χ2v) is 5.29. The molecule has 0 atom stereocenters. The maximum atomic E-state index is 12.3. The first-order valence-corrected chi connectivity index (χ1v) is 6.71. The number of rotatable bonds is 3. The Bertz CT molecular complexity index is 689. The largest absolute Gasteiger partial charge is 0.507 e. The summed E-state index contributed by atoms with van der Waals surface area (Å²) in [4.78, 5) is 24.3. The van der Waals surface area contributed by atoms with Gasteiger partial charge in [-0.25, -0.2) is 0 Å². The molecule has 0 aromatic heterocycles. The number of hydrogen-bond acceptors (Lipinski definition) is 4. The van der Waals surface area contributed by atoms with Gasteiger partial charge in [0.15, 0.2) is 0 Å². The van der Waals surface area contributed by atoms with Gasteiger partial charge in [-0.3, -0.25) is 9.59 Å². The highest BCUT2D eigenvalue weighted by Crippen LogP contribution is 2.35. The predicted molar refractivity (Wildman–Crippen MR) is 80.7 cm³/mol. The van der Waals surface area contributed by atoms with Crippen molar-refractivity contribution in [2.45, 2.75) is 27.2 Å². The van der Waals surface area contributed by atoms with E-state index in [1.165, 1.54) is 14.0 Å². The van der Waals surface area contributed by atoms with Crippen LogP contribution in [0.25, 0.3) is 5.76 Å². The molecule has 0 unspecified atom stereocenters. The zero-order valence-electron chi connectivity index (χ0n) is 12.6. The standard InChI is InChI=1S/C17H18O4/c1-9(2)5-6-11-13(21-4)8-7-12-14(11)17(20)16(19)10(3)15(12)18/h5,7-8,18H,6H2,1-4H3. The lowest BCUT2D eigenvalue weighted by Crippen LogP contribution is -2.24. The number of ketones is 2. The lowest BCUT2D eigenvalue weighted by atomic mass is 9.84. The highest BCUT2D eigenvalue weighted by molar-refractivity contribution is 6.52. The molecule has 4 nitrogen and oxygen atoms in total. The number of allylic oxidation sites excluding steroid dienone is 3. The Kier molecular flexibility index (Phi) is 3.98. The molecule has 2 rings (SSSR count). The molecular formula is C17H18O4. The minimum atomic E-state index is -0.660. The van der Waals surface area contributed by atoms with Gasteiger partial charge in [0.25, 0.3) is 0 Å². The molecule has 1 aliphatic carbocycles. The third-order valence-electron chi connectivity index (χ3n) is 3.59. The van der Waals surface area contributed by atoms with Gasteiger partial charge in [0, 0.05) is 22.3 Å². The van der Waals surface area contributed by atoms with E-state index in [0.29, 0.717) is 23.3 Å². The maximum Gasteiger partial charge on any atom is 0.234 e. The molecule has 110 valence electrons. The first kappa shape index (κ1) is 15.0. The van der Waals surface area contributed by atoms with Crippen molar-refractivity contribution in [3.8, 4) is 5.75 Å². The third kappa shape index (κ3) is 2.49. The Balaban J connectivity index is 2.74. The van der Waals surface area contributed by atoms with Gasteiger partial charge in [-0.2, -0.15) is 0 Å². The van der Waals surface area contributed by atoms with Crippen LogP contribution >= 0.6 is 0 Å². The van der Waals surface area contributed by atoms with Crippen molar-refractivity contribution >= 4 is 17.3 Å². The van der Waals surface area contributed by atoms with Gasteiger partial charge >= 0.3 is 0 Å². The van der Waals surface area contributed by atoms with Crippen molar-refractivity contribution in [2.24, 2.45) is 0 Å². The van der Waals surface area contributed by atoms with E-state index in [0.717, 1.165) is 5.57 Å². The average molecular weight is 286 g/mol. The molecule has 21 heavy (non-hydrogen) atoms. The summed E-state index contributed by atoms with van der Waals surface area (Å²) in [5.74, 6) is -0.835. The molecule has 0 bridgehead atoms. The molecule has 0 fully saturated rings. The Hall–Kier alpha value is -2.36. The van der Waals surface area contributed by atoms with E-state index in [9.17, 15) is 14.7 Å². The summed E-state index contributed by atoms with van der Waals surface area (Å²) in [5, 5.41) is 10.1. The lowest BCUT2D eigenvalue weighted by molar-refractivity contribution is -0.111. The Morgan fingerprint density at radius 3 is 2.48 bits per heavy atom. The number of hydrogen-bond donors (Lipinski definition) is 1. The molecule has 1 aromatic carbocycles. The SMILES string of the molecule is COc1ccc2c(c1CC=C(C)C)C(=O)C(=O)C(C)=C2O. The number of benzene rings is 1. The summed E-state index contributed by atoms with van der Waals surface area (Å²) in [6.45, 7) is 5.37. The summed E-state index contributed by atoms with van der Waals surface area (Å²) >= 11 is 0. The molecule has 1 aliphatic rings. The van der Waals surface area contributed by atoms with E-state index in [4.69, 9.17) is 4.74 Å². The number of carbonyl (C=O) groups is 2. The highest BCUT2D eigenvalue weighted by atomic mass is 16.5. The quantitative estimate of drug-likeness (QED) is 0.684. The van der Waals surface area contributed by atoms with E-state index in [1.54, 1.807) is 12.1 Å². The smallest absolute Gasteiger partial charge is 0.234 e. The molecular weight excluding hydrogens is 268 g/mol. The van der Waals surface area contributed by atoms with Crippen LogP contribution in [0, 0.1) is 0 Å². The van der Waals surface area contributed by atoms with Crippen molar-refractivity contribution < 1.29 is 19.4 Å². The van der Waals surface area contributed by atoms with Gasteiger partial charge in [-0.15, -0.1) is 0 Å². The summed E-state index contributed by atoms with van der Waals surface area (Å²) in [7, 11) is 1.52. The predicted octanol–water partition coefficient (Wildman–Crippen LogP) is 3.26. The fraction of sp³-hybridized carbons (Fsp3) is 0.294. The van der Waals surface area contributed by atoms with E-state index >= 15 is 0 Å². The average Bonchev–Trinajstić information content (AvgIpc) is 2.47. The fourth-order valence-corrected chi connectivity index (χ4v) is 2.38. The number of fused-ring (bicyclic) bond motifs is 1. The van der Waals surface area contributed by atoms with Crippen LogP contribution in [0.15, 0.2) is 29.4 Å². The fourth-order valence-electron chi connectivity index (χ4n) is 2.38. The molecule has 0 aliphatic heterocycles. The van der Waals surface area contributed by atoms with Crippen LogP contribution in [0.5, 0.6) is 5.75 Å². The van der Waals surface area contributed by atoms with Gasteiger partial charge in [-0.1, -0.05) is 11.6 Å². The number of Topliss-reactive ketones (excluding diaryl/α,β-unsaturated/α-hetero) is 2. The summed E-state index contributed by atoms with van der Waals surface area (Å²) < 4.78 is 5.30. The topological polar surface area (TPSA) is 63.6 Å². The van der Waals surface area contributed by atoms with E-state index in [1.807, 2.05) is 19.9 Å². The molecule has 1 N–H and O–H groups in total. The highest BCUT2D eigenvalue weighted by Gasteiger charge is 2.33. The van der Waals surface area contributed by atoms with Crippen molar-refractivity contribution in [3.05, 3.63) is 46.0 Å². The number of methoxy groups -OCH3 is 1. The number of aliphatic hydroxyl groups excluding tert-OH is 1. The monoisotopic (exact) mass is 286 g/mol. The van der Waals surface area contributed by atoms with Crippen LogP contribution in [0.3, 0.4) is 0 Å². The van der Waals surface area contributed by atoms with Crippen LogP contribution in [0.4, 0.5) is 0 Å². The van der Waals surface area contributed by atoms with Crippen LogP contribution < -0.4 is 4.74 Å². The van der Waals surface area contributed by atoms with Crippen molar-refractivity contribution in [1.29, 1.82) is 0 Å². The zero-order chi connectivity index (χ0) is 15.7. The first-order valence-electron chi connectivity index (χ1n) is 6.71. The summed E-state index contributed by atoms with van der Waals surface area (Å²) in [6.07, 6.45) is 2.43. The number of ether oxygens (including phenoxy) is 1. The molecule has 0 heterocycles. The van der Waals surface area contributed by atoms with Crippen LogP contribution in [-0.2, 0) is 11.2 Å². The number of carbonyl (C=O) groups excluding carboxylic acids is 2. The van der Waals surface area contributed by atoms with Gasteiger partial charge in [-0.05, 0) is 39.3 Å². The third-order valence-corrected chi connectivity index (χ3v) is 3.59. The van der Waals surface area contributed by atoms with Crippen molar-refractivity contribution in [1.82, 2.24) is 0 Å². The van der Waals surface area contributed by atoms with Crippen molar-refractivity contribution in [3.63, 3.8) is 0 Å². The number of aliphatic hydroxyl groups is 1.